The van der Waals surface area contributed by atoms with E-state index in [-0.39, 0.29) is 11.8 Å². The molecular weight excluding hydrogens is 348 g/mol. The summed E-state index contributed by atoms with van der Waals surface area (Å²) in [6.07, 6.45) is -0.312. The fraction of sp³-hybridized carbons (Fsp3) is 0.474. The average molecular weight is 372 g/mol. The van der Waals surface area contributed by atoms with Crippen molar-refractivity contribution >= 4 is 28.4 Å². The Morgan fingerprint density at radius 3 is 2.48 bits per heavy atom. The monoisotopic (exact) mass is 372 g/mol. The molecule has 1 amide bonds. The van der Waals surface area contributed by atoms with Gasteiger partial charge in [0.25, 0.3) is 5.69 Å². The number of nitro groups is 1. The van der Waals surface area contributed by atoms with E-state index in [4.69, 9.17) is 4.74 Å². The van der Waals surface area contributed by atoms with Crippen LogP contribution in [0.3, 0.4) is 0 Å². The summed E-state index contributed by atoms with van der Waals surface area (Å²) in [5.41, 5.74) is 1.51. The second-order valence-electron chi connectivity index (χ2n) is 7.67. The van der Waals surface area contributed by atoms with Gasteiger partial charge in [-0.1, -0.05) is 12.1 Å². The fourth-order valence-electron chi connectivity index (χ4n) is 3.21. The lowest BCUT2D eigenvalue weighted by Crippen LogP contribution is -2.50. The first-order valence-corrected chi connectivity index (χ1v) is 8.93. The van der Waals surface area contributed by atoms with Gasteiger partial charge in [0, 0.05) is 49.0 Å². The van der Waals surface area contributed by atoms with E-state index < -0.39 is 10.5 Å². The average Bonchev–Trinajstić information content (AvgIpc) is 2.59. The van der Waals surface area contributed by atoms with Gasteiger partial charge in [-0.3, -0.25) is 10.1 Å². The normalized spacial score (nSPS) is 15.1. The Morgan fingerprint density at radius 2 is 1.89 bits per heavy atom. The first-order chi connectivity index (χ1) is 12.7. The van der Waals surface area contributed by atoms with Gasteiger partial charge in [-0.25, -0.2) is 9.78 Å². The minimum Gasteiger partial charge on any atom is -0.444 e. The number of non-ortho nitro benzene ring substituents is 1. The predicted octanol–water partition coefficient (Wildman–Crippen LogP) is 3.51. The Balaban J connectivity index is 1.84. The number of carbonyl (C=O) groups excluding carboxylic acids is 1. The van der Waals surface area contributed by atoms with Crippen LogP contribution in [0.5, 0.6) is 0 Å². The molecule has 0 unspecified atom stereocenters. The summed E-state index contributed by atoms with van der Waals surface area (Å²) in [7, 11) is 0. The van der Waals surface area contributed by atoms with Crippen LogP contribution in [0.2, 0.25) is 0 Å². The number of aryl methyl sites for hydroxylation is 1. The summed E-state index contributed by atoms with van der Waals surface area (Å²) < 4.78 is 5.43. The lowest BCUT2D eigenvalue weighted by atomic mass is 10.1. The number of hydrogen-bond donors (Lipinski definition) is 0. The molecule has 2 aromatic rings. The molecule has 2 heterocycles. The molecule has 0 atom stereocenters. The predicted molar refractivity (Wildman–Crippen MR) is 103 cm³/mol. The van der Waals surface area contributed by atoms with Gasteiger partial charge in [0.15, 0.2) is 5.52 Å². The van der Waals surface area contributed by atoms with Crippen LogP contribution in [0.4, 0.5) is 16.2 Å². The Kier molecular flexibility index (Phi) is 4.91. The highest BCUT2D eigenvalue weighted by Gasteiger charge is 2.27. The molecule has 1 saturated heterocycles. The SMILES string of the molecule is Cc1cc(N2CCN(C(=O)OC(C)(C)C)CC2)c2cccc([N+](=O)[O-])c2n1. The number of hydrogen-bond acceptors (Lipinski definition) is 6. The van der Waals surface area contributed by atoms with Crippen molar-refractivity contribution in [2.24, 2.45) is 0 Å². The van der Waals surface area contributed by atoms with Gasteiger partial charge >= 0.3 is 6.09 Å². The second-order valence-corrected chi connectivity index (χ2v) is 7.67. The molecule has 1 aliphatic rings. The molecule has 27 heavy (non-hydrogen) atoms. The number of fused-ring (bicyclic) bond motifs is 1. The number of nitrogens with zero attached hydrogens (tertiary/aromatic N) is 4. The van der Waals surface area contributed by atoms with E-state index in [1.54, 1.807) is 11.0 Å². The van der Waals surface area contributed by atoms with Gasteiger partial charge in [0.05, 0.1) is 4.92 Å². The highest BCUT2D eigenvalue weighted by molar-refractivity contribution is 5.97. The number of piperazine rings is 1. The molecule has 0 N–H and O–H groups in total. The van der Waals surface area contributed by atoms with Crippen molar-refractivity contribution in [1.82, 2.24) is 9.88 Å². The van der Waals surface area contributed by atoms with Gasteiger partial charge in [0.1, 0.15) is 5.60 Å². The molecule has 0 aliphatic carbocycles. The topological polar surface area (TPSA) is 88.8 Å². The largest absolute Gasteiger partial charge is 0.444 e. The Labute approximate surface area is 157 Å². The van der Waals surface area contributed by atoms with Crippen molar-refractivity contribution in [1.29, 1.82) is 0 Å². The van der Waals surface area contributed by atoms with Crippen LogP contribution in [0.15, 0.2) is 24.3 Å². The van der Waals surface area contributed by atoms with Crippen molar-refractivity contribution in [3.63, 3.8) is 0 Å². The molecule has 1 aromatic heterocycles. The zero-order valence-corrected chi connectivity index (χ0v) is 16.1. The number of pyridine rings is 1. The van der Waals surface area contributed by atoms with E-state index in [0.717, 1.165) is 16.8 Å². The molecule has 0 saturated carbocycles. The van der Waals surface area contributed by atoms with Crippen LogP contribution in [0.25, 0.3) is 10.9 Å². The molecular formula is C19H24N4O4. The van der Waals surface area contributed by atoms with Crippen LogP contribution in [0.1, 0.15) is 26.5 Å². The molecule has 8 nitrogen and oxygen atoms in total. The van der Waals surface area contributed by atoms with Gasteiger partial charge < -0.3 is 14.5 Å². The number of rotatable bonds is 2. The van der Waals surface area contributed by atoms with Gasteiger partial charge in [0.2, 0.25) is 0 Å². The van der Waals surface area contributed by atoms with Gasteiger partial charge in [-0.05, 0) is 33.8 Å². The third-order valence-electron chi connectivity index (χ3n) is 4.39. The number of benzene rings is 1. The van der Waals surface area contributed by atoms with Crippen molar-refractivity contribution < 1.29 is 14.5 Å². The maximum atomic E-state index is 12.2. The Morgan fingerprint density at radius 1 is 1.22 bits per heavy atom. The summed E-state index contributed by atoms with van der Waals surface area (Å²) in [6.45, 7) is 9.69. The van der Waals surface area contributed by atoms with Crippen LogP contribution in [-0.4, -0.2) is 52.7 Å². The zero-order valence-electron chi connectivity index (χ0n) is 16.1. The number of anilines is 1. The summed E-state index contributed by atoms with van der Waals surface area (Å²) in [6, 6.07) is 6.94. The lowest BCUT2D eigenvalue weighted by molar-refractivity contribution is -0.383. The minimum absolute atomic E-state index is 0.00448. The van der Waals surface area contributed by atoms with Crippen LogP contribution in [0, 0.1) is 17.0 Å². The third-order valence-corrected chi connectivity index (χ3v) is 4.39. The number of aromatic nitrogens is 1. The van der Waals surface area contributed by atoms with Crippen LogP contribution in [-0.2, 0) is 4.74 Å². The molecule has 1 aromatic carbocycles. The maximum Gasteiger partial charge on any atom is 0.410 e. The van der Waals surface area contributed by atoms with E-state index >= 15 is 0 Å². The summed E-state index contributed by atoms with van der Waals surface area (Å²) in [4.78, 5) is 31.4. The number of para-hydroxylation sites is 1. The first-order valence-electron chi connectivity index (χ1n) is 8.93. The van der Waals surface area contributed by atoms with Crippen molar-refractivity contribution in [3.05, 3.63) is 40.1 Å². The minimum atomic E-state index is -0.522. The van der Waals surface area contributed by atoms with E-state index in [9.17, 15) is 14.9 Å². The summed E-state index contributed by atoms with van der Waals surface area (Å²) in [5, 5.41) is 12.1. The fourth-order valence-corrected chi connectivity index (χ4v) is 3.21. The third kappa shape index (κ3) is 4.10. The first kappa shape index (κ1) is 18.9. The summed E-state index contributed by atoms with van der Waals surface area (Å²) in [5.74, 6) is 0. The Bertz CT molecular complexity index is 883. The molecule has 0 bridgehead atoms. The van der Waals surface area contributed by atoms with Crippen molar-refractivity contribution in [2.75, 3.05) is 31.1 Å². The van der Waals surface area contributed by atoms with Crippen molar-refractivity contribution in [2.45, 2.75) is 33.3 Å². The number of amides is 1. The van der Waals surface area contributed by atoms with Crippen LogP contribution >= 0.6 is 0 Å². The highest BCUT2D eigenvalue weighted by atomic mass is 16.6. The maximum absolute atomic E-state index is 12.2. The van der Waals surface area contributed by atoms with E-state index in [1.807, 2.05) is 39.8 Å². The van der Waals surface area contributed by atoms with Gasteiger partial charge in [-0.15, -0.1) is 0 Å². The second kappa shape index (κ2) is 7.02. The number of ether oxygens (including phenoxy) is 1. The van der Waals surface area contributed by atoms with E-state index in [2.05, 4.69) is 9.88 Å². The lowest BCUT2D eigenvalue weighted by Gasteiger charge is -2.37. The van der Waals surface area contributed by atoms with Gasteiger partial charge in [-0.2, -0.15) is 0 Å². The van der Waals surface area contributed by atoms with Crippen molar-refractivity contribution in [3.8, 4) is 0 Å². The number of nitro benzene ring substituents is 1. The molecule has 0 radical (unpaired) electrons. The standard InChI is InChI=1S/C19H24N4O4/c1-13-12-16(14-6-5-7-15(23(25)26)17(14)20-13)21-8-10-22(11-9-21)18(24)27-19(2,3)4/h5-7,12H,8-11H2,1-4H3. The molecule has 8 heteroatoms. The molecule has 144 valence electrons. The Hall–Kier alpha value is -2.90. The molecule has 0 spiro atoms. The highest BCUT2D eigenvalue weighted by Crippen LogP contribution is 2.32. The number of carbonyl (C=O) groups is 1. The van der Waals surface area contributed by atoms with Crippen LogP contribution < -0.4 is 4.90 Å². The molecule has 3 rings (SSSR count). The molecule has 1 fully saturated rings. The molecule has 1 aliphatic heterocycles. The van der Waals surface area contributed by atoms with E-state index in [1.165, 1.54) is 6.07 Å². The quantitative estimate of drug-likeness (QED) is 0.592. The summed E-state index contributed by atoms with van der Waals surface area (Å²) >= 11 is 0. The zero-order chi connectivity index (χ0) is 19.8. The smallest absolute Gasteiger partial charge is 0.410 e. The van der Waals surface area contributed by atoms with E-state index in [0.29, 0.717) is 31.7 Å².